The third kappa shape index (κ3) is 4.73. The molecule has 0 unspecified atom stereocenters. The van der Waals surface area contributed by atoms with E-state index in [2.05, 4.69) is 61.1 Å². The van der Waals surface area contributed by atoms with Crippen LogP contribution in [0, 0.1) is 0 Å². The Bertz CT molecular complexity index is 887. The highest BCUT2D eigenvalue weighted by atomic mass is 127. The van der Waals surface area contributed by atoms with Crippen molar-refractivity contribution in [2.24, 2.45) is 4.99 Å². The molecule has 8 heteroatoms. The molecule has 1 saturated carbocycles. The molecule has 1 aliphatic carbocycles. The zero-order valence-corrected chi connectivity index (χ0v) is 18.1. The molecule has 1 aromatic carbocycles. The number of guanidine groups is 1. The van der Waals surface area contributed by atoms with Gasteiger partial charge in [0.2, 0.25) is 5.82 Å². The largest absolute Gasteiger partial charge is 0.461 e. The second kappa shape index (κ2) is 9.22. The predicted octanol–water partition coefficient (Wildman–Crippen LogP) is 3.12. The van der Waals surface area contributed by atoms with Crippen LogP contribution in [0.15, 0.2) is 58.1 Å². The van der Waals surface area contributed by atoms with E-state index >= 15 is 0 Å². The van der Waals surface area contributed by atoms with Gasteiger partial charge in [0.05, 0.1) is 6.26 Å². The standard InChI is InChI=1S/C20H24N6O.HI/c1-21-19(23-14-20(10-11-20)15-6-3-2-4-7-15)22-12-9-17-24-18(26-25-17)16-8-5-13-27-16;/h2-8,13H,9-12,14H2,1H3,(H2,21,22,23)(H,24,25,26);1H. The lowest BCUT2D eigenvalue weighted by atomic mass is 9.96. The Morgan fingerprint density at radius 2 is 2.00 bits per heavy atom. The lowest BCUT2D eigenvalue weighted by Gasteiger charge is -2.19. The maximum atomic E-state index is 5.31. The molecule has 2 aromatic heterocycles. The van der Waals surface area contributed by atoms with Crippen LogP contribution in [-0.2, 0) is 11.8 Å². The molecule has 7 nitrogen and oxygen atoms in total. The van der Waals surface area contributed by atoms with Gasteiger partial charge in [-0.05, 0) is 30.5 Å². The topological polar surface area (TPSA) is 91.1 Å². The van der Waals surface area contributed by atoms with Crippen LogP contribution in [0.4, 0.5) is 0 Å². The second-order valence-corrected chi connectivity index (χ2v) is 6.83. The van der Waals surface area contributed by atoms with Crippen molar-refractivity contribution in [2.75, 3.05) is 20.1 Å². The number of hydrogen-bond donors (Lipinski definition) is 3. The fraction of sp³-hybridized carbons (Fsp3) is 0.350. The Hall–Kier alpha value is -2.36. The smallest absolute Gasteiger partial charge is 0.216 e. The highest BCUT2D eigenvalue weighted by Gasteiger charge is 2.43. The molecule has 148 valence electrons. The molecular weight excluding hydrogens is 467 g/mol. The van der Waals surface area contributed by atoms with Gasteiger partial charge < -0.3 is 15.1 Å². The summed E-state index contributed by atoms with van der Waals surface area (Å²) >= 11 is 0. The fourth-order valence-electron chi connectivity index (χ4n) is 3.21. The molecule has 4 rings (SSSR count). The number of hydrogen-bond acceptors (Lipinski definition) is 4. The van der Waals surface area contributed by atoms with Crippen LogP contribution in [0.25, 0.3) is 11.6 Å². The van der Waals surface area contributed by atoms with Gasteiger partial charge in [-0.1, -0.05) is 30.3 Å². The van der Waals surface area contributed by atoms with Gasteiger partial charge in [-0.15, -0.1) is 24.0 Å². The summed E-state index contributed by atoms with van der Waals surface area (Å²) in [4.78, 5) is 8.77. The van der Waals surface area contributed by atoms with Crippen LogP contribution in [0.2, 0.25) is 0 Å². The first-order valence-electron chi connectivity index (χ1n) is 9.24. The van der Waals surface area contributed by atoms with E-state index in [0.717, 1.165) is 24.7 Å². The van der Waals surface area contributed by atoms with Crippen LogP contribution >= 0.6 is 24.0 Å². The van der Waals surface area contributed by atoms with E-state index in [1.54, 1.807) is 13.3 Å². The van der Waals surface area contributed by atoms with E-state index in [4.69, 9.17) is 4.42 Å². The van der Waals surface area contributed by atoms with Crippen molar-refractivity contribution in [1.82, 2.24) is 25.8 Å². The molecule has 3 N–H and O–H groups in total. The molecule has 28 heavy (non-hydrogen) atoms. The highest BCUT2D eigenvalue weighted by Crippen LogP contribution is 2.47. The Morgan fingerprint density at radius 3 is 2.68 bits per heavy atom. The molecule has 0 bridgehead atoms. The van der Waals surface area contributed by atoms with Gasteiger partial charge in [-0.2, -0.15) is 5.10 Å². The first-order chi connectivity index (χ1) is 13.3. The van der Waals surface area contributed by atoms with Crippen LogP contribution in [-0.4, -0.2) is 41.3 Å². The number of H-pyrrole nitrogens is 1. The average molecular weight is 492 g/mol. The molecule has 0 atom stereocenters. The average Bonchev–Trinajstić information content (AvgIpc) is 3.10. The quantitative estimate of drug-likeness (QED) is 0.268. The molecule has 1 fully saturated rings. The zero-order valence-electron chi connectivity index (χ0n) is 15.8. The number of rotatable bonds is 7. The summed E-state index contributed by atoms with van der Waals surface area (Å²) in [5, 5.41) is 13.9. The Morgan fingerprint density at radius 1 is 1.18 bits per heavy atom. The molecule has 3 aromatic rings. The second-order valence-electron chi connectivity index (χ2n) is 6.83. The number of nitrogens with zero attached hydrogens (tertiary/aromatic N) is 3. The summed E-state index contributed by atoms with van der Waals surface area (Å²) in [7, 11) is 1.79. The number of nitrogens with one attached hydrogen (secondary N) is 3. The van der Waals surface area contributed by atoms with Crippen LogP contribution in [0.1, 0.15) is 24.2 Å². The third-order valence-corrected chi connectivity index (χ3v) is 4.99. The lowest BCUT2D eigenvalue weighted by Crippen LogP contribution is -2.42. The van der Waals surface area contributed by atoms with Crippen molar-refractivity contribution in [2.45, 2.75) is 24.7 Å². The molecule has 0 spiro atoms. The number of aromatic amines is 1. The van der Waals surface area contributed by atoms with E-state index < -0.39 is 0 Å². The number of benzene rings is 1. The summed E-state index contributed by atoms with van der Waals surface area (Å²) in [6.07, 6.45) is 4.77. The Balaban J connectivity index is 0.00000225. The number of aromatic nitrogens is 3. The van der Waals surface area contributed by atoms with E-state index in [1.807, 2.05) is 12.1 Å². The van der Waals surface area contributed by atoms with E-state index in [-0.39, 0.29) is 29.4 Å². The van der Waals surface area contributed by atoms with Gasteiger partial charge in [0.25, 0.3) is 0 Å². The summed E-state index contributed by atoms with van der Waals surface area (Å²) in [6, 6.07) is 14.4. The van der Waals surface area contributed by atoms with Gasteiger partial charge in [0.15, 0.2) is 11.7 Å². The van der Waals surface area contributed by atoms with Crippen molar-refractivity contribution in [1.29, 1.82) is 0 Å². The van der Waals surface area contributed by atoms with Crippen LogP contribution < -0.4 is 10.6 Å². The molecule has 1 aliphatic rings. The van der Waals surface area contributed by atoms with Crippen LogP contribution in [0.5, 0.6) is 0 Å². The van der Waals surface area contributed by atoms with Gasteiger partial charge in [-0.25, -0.2) is 4.98 Å². The van der Waals surface area contributed by atoms with Gasteiger partial charge in [0, 0.05) is 32.0 Å². The van der Waals surface area contributed by atoms with E-state index in [1.165, 1.54) is 18.4 Å². The lowest BCUT2D eigenvalue weighted by molar-refractivity contribution is 0.577. The minimum Gasteiger partial charge on any atom is -0.461 e. The molecule has 0 amide bonds. The van der Waals surface area contributed by atoms with Crippen molar-refractivity contribution in [3.8, 4) is 11.6 Å². The predicted molar refractivity (Wildman–Crippen MR) is 120 cm³/mol. The number of aliphatic imine (C=N–C) groups is 1. The Labute approximate surface area is 181 Å². The number of halogens is 1. The normalized spacial score (nSPS) is 15.0. The Kier molecular flexibility index (Phi) is 6.71. The van der Waals surface area contributed by atoms with Crippen molar-refractivity contribution in [3.63, 3.8) is 0 Å². The van der Waals surface area contributed by atoms with Crippen molar-refractivity contribution in [3.05, 3.63) is 60.1 Å². The first-order valence-corrected chi connectivity index (χ1v) is 9.24. The molecule has 0 saturated heterocycles. The van der Waals surface area contributed by atoms with Gasteiger partial charge in [0.1, 0.15) is 5.82 Å². The monoisotopic (exact) mass is 492 g/mol. The highest BCUT2D eigenvalue weighted by molar-refractivity contribution is 14.0. The van der Waals surface area contributed by atoms with E-state index in [0.29, 0.717) is 18.1 Å². The number of furan rings is 1. The molecule has 0 radical (unpaired) electrons. The van der Waals surface area contributed by atoms with Crippen LogP contribution in [0.3, 0.4) is 0 Å². The first kappa shape index (κ1) is 20.4. The maximum Gasteiger partial charge on any atom is 0.216 e. The van der Waals surface area contributed by atoms with Crippen molar-refractivity contribution >= 4 is 29.9 Å². The minimum absolute atomic E-state index is 0. The summed E-state index contributed by atoms with van der Waals surface area (Å²) in [5.74, 6) is 2.87. The van der Waals surface area contributed by atoms with Crippen molar-refractivity contribution < 1.29 is 4.42 Å². The minimum atomic E-state index is 0. The fourth-order valence-corrected chi connectivity index (χ4v) is 3.21. The van der Waals surface area contributed by atoms with Gasteiger partial charge >= 0.3 is 0 Å². The molecule has 2 heterocycles. The molecule has 0 aliphatic heterocycles. The third-order valence-electron chi connectivity index (χ3n) is 4.99. The maximum absolute atomic E-state index is 5.31. The zero-order chi connectivity index (χ0) is 18.5. The van der Waals surface area contributed by atoms with E-state index in [9.17, 15) is 0 Å². The van der Waals surface area contributed by atoms with Gasteiger partial charge in [-0.3, -0.25) is 10.1 Å². The SMILES string of the molecule is CN=C(NCCc1nc(-c2ccco2)n[nH]1)NCC1(c2ccccc2)CC1.I. The summed E-state index contributed by atoms with van der Waals surface area (Å²) < 4.78 is 5.31. The summed E-state index contributed by atoms with van der Waals surface area (Å²) in [5.41, 5.74) is 1.65. The summed E-state index contributed by atoms with van der Waals surface area (Å²) in [6.45, 7) is 1.60. The molecular formula is C20H25IN6O.